The van der Waals surface area contributed by atoms with Crippen LogP contribution in [-0.4, -0.2) is 17.2 Å². The van der Waals surface area contributed by atoms with Crippen LogP contribution >= 0.6 is 0 Å². The van der Waals surface area contributed by atoms with Crippen molar-refractivity contribution < 1.29 is 0 Å². The SMILES string of the molecule is c1ccc(C2(c3ccccc3)c3ccccc3-c3c(-c4cccc5c6ccccc6n(-c6cccc7c6c6ccccc6n7-c6ccc([Si](c7ccccc7)(c7ccccc7)c7ccccc7)cc6)c45)cccc32)cc1. The lowest BCUT2D eigenvalue weighted by atomic mass is 9.67. The molecular formula is C73H50N2Si. The number of fused-ring (bicyclic) bond motifs is 9. The number of benzene rings is 12. The molecule has 1 aliphatic rings. The maximum absolute atomic E-state index is 2.73. The third kappa shape index (κ3) is 6.27. The van der Waals surface area contributed by atoms with Crippen LogP contribution in [0.15, 0.2) is 303 Å². The number of hydrogen-bond acceptors (Lipinski definition) is 0. The van der Waals surface area contributed by atoms with Crippen molar-refractivity contribution in [3.05, 3.63) is 326 Å². The summed E-state index contributed by atoms with van der Waals surface area (Å²) in [4.78, 5) is 0. The first-order chi connectivity index (χ1) is 37.8. The molecule has 1 aliphatic carbocycles. The summed E-state index contributed by atoms with van der Waals surface area (Å²) < 4.78 is 5.06. The molecule has 2 heterocycles. The minimum atomic E-state index is -2.73. The molecule has 76 heavy (non-hydrogen) atoms. The molecule has 0 aliphatic heterocycles. The average molecular weight is 983 g/mol. The van der Waals surface area contributed by atoms with Gasteiger partial charge in [0.15, 0.2) is 8.07 Å². The van der Waals surface area contributed by atoms with Crippen LogP contribution in [0.1, 0.15) is 22.3 Å². The fourth-order valence-corrected chi connectivity index (χ4v) is 18.3. The number of hydrogen-bond donors (Lipinski definition) is 0. The Morgan fingerprint density at radius 1 is 0.276 bits per heavy atom. The predicted molar refractivity (Wildman–Crippen MR) is 321 cm³/mol. The van der Waals surface area contributed by atoms with E-state index in [-0.39, 0.29) is 0 Å². The Kier molecular flexibility index (Phi) is 10.2. The first kappa shape index (κ1) is 44.0. The van der Waals surface area contributed by atoms with E-state index in [0.717, 1.165) is 16.9 Å². The number of para-hydroxylation sites is 3. The van der Waals surface area contributed by atoms with Crippen molar-refractivity contribution in [2.75, 3.05) is 0 Å². The Hall–Kier alpha value is -9.54. The Morgan fingerprint density at radius 2 is 0.711 bits per heavy atom. The van der Waals surface area contributed by atoms with Crippen LogP contribution in [0, 0.1) is 0 Å². The Bertz CT molecular complexity index is 4350. The molecule has 0 bridgehead atoms. The molecule has 14 aromatic rings. The molecule has 0 unspecified atom stereocenters. The van der Waals surface area contributed by atoms with Gasteiger partial charge >= 0.3 is 0 Å². The molecule has 0 amide bonds. The van der Waals surface area contributed by atoms with Crippen LogP contribution in [0.5, 0.6) is 0 Å². The predicted octanol–water partition coefficient (Wildman–Crippen LogP) is 15.3. The zero-order valence-electron chi connectivity index (χ0n) is 41.8. The summed E-state index contributed by atoms with van der Waals surface area (Å²) >= 11 is 0. The van der Waals surface area contributed by atoms with Crippen LogP contribution in [0.25, 0.3) is 77.2 Å². The van der Waals surface area contributed by atoms with E-state index in [2.05, 4.69) is 312 Å². The zero-order valence-corrected chi connectivity index (χ0v) is 42.8. The first-order valence-electron chi connectivity index (χ1n) is 26.4. The molecule has 0 N–H and O–H groups in total. The fourth-order valence-electron chi connectivity index (χ4n) is 13.6. The van der Waals surface area contributed by atoms with Crippen molar-refractivity contribution >= 4 is 72.4 Å². The quantitative estimate of drug-likeness (QED) is 0.101. The smallest absolute Gasteiger partial charge is 0.179 e. The molecule has 0 radical (unpaired) electrons. The van der Waals surface area contributed by atoms with Crippen LogP contribution in [0.3, 0.4) is 0 Å². The van der Waals surface area contributed by atoms with Gasteiger partial charge in [-0.15, -0.1) is 0 Å². The Morgan fingerprint density at radius 3 is 1.34 bits per heavy atom. The van der Waals surface area contributed by atoms with Crippen molar-refractivity contribution in [1.29, 1.82) is 0 Å². The van der Waals surface area contributed by atoms with E-state index in [0.29, 0.717) is 0 Å². The van der Waals surface area contributed by atoms with E-state index >= 15 is 0 Å². The topological polar surface area (TPSA) is 9.86 Å². The molecule has 2 aromatic heterocycles. The van der Waals surface area contributed by atoms with Crippen molar-refractivity contribution in [3.8, 4) is 33.6 Å². The standard InChI is InChI=1S/C73H50N2Si/c1-6-25-51(26-7-1)73(52-27-8-2-9-28-52)64-41-19-16-36-62(64)70-59(38-23-42-65(70)73)61-40-22-39-60-58-35-17-20-43-66(58)75(72(60)61)69-46-24-45-68-71(69)63-37-18-21-44-67(63)74(68)53-47-49-57(50-48-53)76(54-29-10-3-11-30-54,55-31-12-4-13-32-55)56-33-14-5-15-34-56/h1-50H. The second kappa shape index (κ2) is 17.6. The number of nitrogens with zero attached hydrogens (tertiary/aromatic N) is 2. The highest BCUT2D eigenvalue weighted by atomic mass is 28.3. The van der Waals surface area contributed by atoms with Gasteiger partial charge in [0.2, 0.25) is 0 Å². The van der Waals surface area contributed by atoms with Crippen molar-refractivity contribution in [1.82, 2.24) is 9.13 Å². The molecular weight excluding hydrogens is 933 g/mol. The molecule has 0 atom stereocenters. The van der Waals surface area contributed by atoms with E-state index in [1.165, 1.54) is 103 Å². The second-order valence-electron chi connectivity index (χ2n) is 20.2. The monoisotopic (exact) mass is 982 g/mol. The molecule has 356 valence electrons. The molecule has 0 fully saturated rings. The second-order valence-corrected chi connectivity index (χ2v) is 24.0. The maximum Gasteiger partial charge on any atom is 0.179 e. The van der Waals surface area contributed by atoms with Gasteiger partial charge in [-0.1, -0.05) is 267 Å². The van der Waals surface area contributed by atoms with Crippen LogP contribution in [0.2, 0.25) is 0 Å². The van der Waals surface area contributed by atoms with Crippen molar-refractivity contribution in [2.24, 2.45) is 0 Å². The van der Waals surface area contributed by atoms with E-state index in [1.54, 1.807) is 0 Å². The Labute approximate surface area is 443 Å². The summed E-state index contributed by atoms with van der Waals surface area (Å²) in [6.45, 7) is 0. The van der Waals surface area contributed by atoms with Gasteiger partial charge in [0.25, 0.3) is 0 Å². The summed E-state index contributed by atoms with van der Waals surface area (Å²) in [5, 5.41) is 10.3. The van der Waals surface area contributed by atoms with Crippen LogP contribution < -0.4 is 20.7 Å². The molecule has 15 rings (SSSR count). The van der Waals surface area contributed by atoms with Gasteiger partial charge in [0.05, 0.1) is 33.2 Å². The highest BCUT2D eigenvalue weighted by Crippen LogP contribution is 2.59. The zero-order chi connectivity index (χ0) is 50.2. The number of rotatable bonds is 9. The highest BCUT2D eigenvalue weighted by Gasteiger charge is 2.47. The normalized spacial score (nSPS) is 12.8. The van der Waals surface area contributed by atoms with Gasteiger partial charge in [-0.25, -0.2) is 0 Å². The van der Waals surface area contributed by atoms with Gasteiger partial charge < -0.3 is 9.13 Å². The molecule has 0 spiro atoms. The van der Waals surface area contributed by atoms with Gasteiger partial charge in [0.1, 0.15) is 0 Å². The minimum absolute atomic E-state index is 0.509. The van der Waals surface area contributed by atoms with Crippen LogP contribution in [0.4, 0.5) is 0 Å². The van der Waals surface area contributed by atoms with E-state index in [4.69, 9.17) is 0 Å². The lowest BCUT2D eigenvalue weighted by molar-refractivity contribution is 0.768. The van der Waals surface area contributed by atoms with Crippen molar-refractivity contribution in [3.63, 3.8) is 0 Å². The fraction of sp³-hybridized carbons (Fsp3) is 0.0137. The van der Waals surface area contributed by atoms with Crippen LogP contribution in [-0.2, 0) is 5.41 Å². The molecule has 12 aromatic carbocycles. The Balaban J connectivity index is 0.970. The first-order valence-corrected chi connectivity index (χ1v) is 28.4. The summed E-state index contributed by atoms with van der Waals surface area (Å²) in [7, 11) is -2.73. The van der Waals surface area contributed by atoms with Gasteiger partial charge in [-0.05, 0) is 96.1 Å². The molecule has 0 saturated carbocycles. The van der Waals surface area contributed by atoms with E-state index in [1.807, 2.05) is 0 Å². The summed E-state index contributed by atoms with van der Waals surface area (Å²) in [5.41, 5.74) is 16.6. The largest absolute Gasteiger partial charge is 0.309 e. The third-order valence-corrected chi connectivity index (χ3v) is 21.4. The van der Waals surface area contributed by atoms with Gasteiger partial charge in [-0.2, -0.15) is 0 Å². The summed E-state index contributed by atoms with van der Waals surface area (Å²) in [6, 6.07) is 113. The molecule has 3 heteroatoms. The summed E-state index contributed by atoms with van der Waals surface area (Å²) in [6.07, 6.45) is 0. The van der Waals surface area contributed by atoms with Gasteiger partial charge in [0, 0.05) is 32.8 Å². The van der Waals surface area contributed by atoms with Gasteiger partial charge in [-0.3, -0.25) is 0 Å². The van der Waals surface area contributed by atoms with E-state index in [9.17, 15) is 0 Å². The minimum Gasteiger partial charge on any atom is -0.309 e. The molecule has 2 nitrogen and oxygen atoms in total. The molecule has 0 saturated heterocycles. The van der Waals surface area contributed by atoms with Crippen molar-refractivity contribution in [2.45, 2.75) is 5.41 Å². The lowest BCUT2D eigenvalue weighted by Gasteiger charge is -2.34. The lowest BCUT2D eigenvalue weighted by Crippen LogP contribution is -2.74. The average Bonchev–Trinajstić information content (AvgIpc) is 4.25. The van der Waals surface area contributed by atoms with E-state index < -0.39 is 13.5 Å². The third-order valence-electron chi connectivity index (χ3n) is 16.6. The summed E-state index contributed by atoms with van der Waals surface area (Å²) in [5.74, 6) is 0. The maximum atomic E-state index is 2.57. The number of aromatic nitrogens is 2. The highest BCUT2D eigenvalue weighted by molar-refractivity contribution is 7.19.